The molecule has 0 aromatic heterocycles. The van der Waals surface area contributed by atoms with Gasteiger partial charge in [-0.1, -0.05) is 137 Å². The van der Waals surface area contributed by atoms with Crippen LogP contribution < -0.4 is 4.90 Å². The lowest BCUT2D eigenvalue weighted by molar-refractivity contribution is 0.420. The number of anilines is 3. The van der Waals surface area contributed by atoms with E-state index in [0.29, 0.717) is 5.92 Å². The Balaban J connectivity index is 1.22. The lowest BCUT2D eigenvalue weighted by Crippen LogP contribution is -2.20. The van der Waals surface area contributed by atoms with Crippen LogP contribution in [0.2, 0.25) is 0 Å². The number of fused-ring (bicyclic) bond motifs is 6. The van der Waals surface area contributed by atoms with Crippen molar-refractivity contribution in [2.75, 3.05) is 4.90 Å². The van der Waals surface area contributed by atoms with E-state index in [9.17, 15) is 0 Å². The van der Waals surface area contributed by atoms with Gasteiger partial charge in [-0.25, -0.2) is 0 Å². The van der Waals surface area contributed by atoms with E-state index in [-0.39, 0.29) is 5.41 Å². The summed E-state index contributed by atoms with van der Waals surface area (Å²) in [7, 11) is 0. The molecular formula is C50H49N. The molecule has 4 aliphatic rings. The molecule has 0 spiro atoms. The fourth-order valence-corrected chi connectivity index (χ4v) is 11.1. The highest BCUT2D eigenvalue weighted by atomic mass is 15.1. The van der Waals surface area contributed by atoms with Gasteiger partial charge in [-0.15, -0.1) is 0 Å². The average molecular weight is 664 g/mol. The topological polar surface area (TPSA) is 3.24 Å². The van der Waals surface area contributed by atoms with Gasteiger partial charge in [-0.3, -0.25) is 0 Å². The van der Waals surface area contributed by atoms with Gasteiger partial charge in [0.2, 0.25) is 0 Å². The molecule has 6 aromatic carbocycles. The Morgan fingerprint density at radius 1 is 0.588 bits per heavy atom. The molecule has 1 nitrogen and oxygen atoms in total. The predicted molar refractivity (Wildman–Crippen MR) is 216 cm³/mol. The number of hydrogen-bond donors (Lipinski definition) is 0. The van der Waals surface area contributed by atoms with E-state index in [1.54, 1.807) is 5.56 Å². The molecule has 0 radical (unpaired) electrons. The third kappa shape index (κ3) is 5.10. The molecule has 4 aliphatic carbocycles. The van der Waals surface area contributed by atoms with Crippen LogP contribution in [0.15, 0.2) is 127 Å². The van der Waals surface area contributed by atoms with Gasteiger partial charge in [0.05, 0.1) is 5.69 Å². The van der Waals surface area contributed by atoms with Crippen molar-refractivity contribution in [3.05, 3.63) is 150 Å². The number of nitrogens with zero attached hydrogens (tertiary/aromatic N) is 1. The Morgan fingerprint density at radius 3 is 2.16 bits per heavy atom. The summed E-state index contributed by atoms with van der Waals surface area (Å²) < 4.78 is 0. The van der Waals surface area contributed by atoms with Gasteiger partial charge in [0.1, 0.15) is 0 Å². The summed E-state index contributed by atoms with van der Waals surface area (Å²) in [6.45, 7) is 4.88. The normalized spacial score (nSPS) is 21.9. The second kappa shape index (κ2) is 12.3. The van der Waals surface area contributed by atoms with Crippen molar-refractivity contribution >= 4 is 27.8 Å². The van der Waals surface area contributed by atoms with Crippen molar-refractivity contribution in [1.29, 1.82) is 0 Å². The van der Waals surface area contributed by atoms with Gasteiger partial charge < -0.3 is 4.90 Å². The summed E-state index contributed by atoms with van der Waals surface area (Å²) >= 11 is 0. The zero-order valence-corrected chi connectivity index (χ0v) is 30.2. The van der Waals surface area contributed by atoms with Gasteiger partial charge in [-0.05, 0) is 136 Å². The van der Waals surface area contributed by atoms with Crippen molar-refractivity contribution in [2.45, 2.75) is 88.9 Å². The highest BCUT2D eigenvalue weighted by Crippen LogP contribution is 2.57. The summed E-state index contributed by atoms with van der Waals surface area (Å²) in [4.78, 5) is 2.65. The van der Waals surface area contributed by atoms with Crippen molar-refractivity contribution < 1.29 is 0 Å². The molecule has 0 N–H and O–H groups in total. The molecule has 1 heteroatoms. The standard InChI is InChI=1S/C50H49N/c1-50(2)45-18-10-8-17-42(45)43-28-29-47(48(49(43)50)39-23-22-34-12-6-7-15-37(34)32-39)51(46-19-11-9-16-41(46)35-13-4-3-5-14-35)40-26-24-36(25-27-40)44-31-33-20-21-38(44)30-33/h6-12,15-19,22-29,32-33,35,38,44H,3-5,13-14,20-21,30-31H2,1-2H3. The van der Waals surface area contributed by atoms with Crippen LogP contribution in [0, 0.1) is 11.8 Å². The molecule has 0 amide bonds. The molecule has 254 valence electrons. The first kappa shape index (κ1) is 31.1. The van der Waals surface area contributed by atoms with E-state index in [0.717, 1.165) is 17.8 Å². The Bertz CT molecular complexity index is 2250. The Kier molecular flexibility index (Phi) is 7.49. The van der Waals surface area contributed by atoms with Gasteiger partial charge in [-0.2, -0.15) is 0 Å². The molecule has 3 fully saturated rings. The summed E-state index contributed by atoms with van der Waals surface area (Å²) in [5, 5.41) is 2.57. The van der Waals surface area contributed by atoms with Crippen molar-refractivity contribution in [1.82, 2.24) is 0 Å². The molecule has 3 unspecified atom stereocenters. The van der Waals surface area contributed by atoms with E-state index in [2.05, 4.69) is 146 Å². The van der Waals surface area contributed by atoms with Gasteiger partial charge in [0.25, 0.3) is 0 Å². The second-order valence-corrected chi connectivity index (χ2v) is 16.7. The minimum Gasteiger partial charge on any atom is -0.310 e. The van der Waals surface area contributed by atoms with E-state index in [1.807, 2.05) is 0 Å². The Morgan fingerprint density at radius 2 is 1.35 bits per heavy atom. The van der Waals surface area contributed by atoms with Crippen molar-refractivity contribution in [3.8, 4) is 22.3 Å². The number of rotatable bonds is 6. The maximum atomic E-state index is 2.65. The molecule has 3 saturated carbocycles. The SMILES string of the molecule is CC1(C)c2ccccc2-c2ccc(N(c3ccc(C4CC5CCC4C5)cc3)c3ccccc3C3CCCCC3)c(-c3ccc4ccccc4c3)c21. The molecule has 10 rings (SSSR count). The van der Waals surface area contributed by atoms with Crippen LogP contribution in [-0.4, -0.2) is 0 Å². The molecule has 6 aromatic rings. The van der Waals surface area contributed by atoms with Crippen LogP contribution in [-0.2, 0) is 5.41 Å². The van der Waals surface area contributed by atoms with Crippen molar-refractivity contribution in [3.63, 3.8) is 0 Å². The lowest BCUT2D eigenvalue weighted by Gasteiger charge is -2.35. The van der Waals surface area contributed by atoms with E-state index >= 15 is 0 Å². The van der Waals surface area contributed by atoms with E-state index in [4.69, 9.17) is 0 Å². The number of benzene rings is 6. The Labute approximate surface area is 304 Å². The number of hydrogen-bond acceptors (Lipinski definition) is 1. The third-order valence-corrected chi connectivity index (χ3v) is 13.5. The number of para-hydroxylation sites is 1. The zero-order valence-electron chi connectivity index (χ0n) is 30.2. The lowest BCUT2D eigenvalue weighted by atomic mass is 9.77. The summed E-state index contributed by atoms with van der Waals surface area (Å²) in [5.74, 6) is 3.14. The first-order valence-corrected chi connectivity index (χ1v) is 19.8. The fraction of sp³-hybridized carbons (Fsp3) is 0.320. The largest absolute Gasteiger partial charge is 0.310 e. The fourth-order valence-electron chi connectivity index (χ4n) is 11.1. The minimum atomic E-state index is -0.150. The summed E-state index contributed by atoms with van der Waals surface area (Å²) in [5.41, 5.74) is 15.0. The second-order valence-electron chi connectivity index (χ2n) is 16.7. The van der Waals surface area contributed by atoms with Crippen LogP contribution in [0.5, 0.6) is 0 Å². The molecule has 0 saturated heterocycles. The first-order valence-electron chi connectivity index (χ1n) is 19.8. The van der Waals surface area contributed by atoms with E-state index < -0.39 is 0 Å². The van der Waals surface area contributed by atoms with Gasteiger partial charge >= 0.3 is 0 Å². The predicted octanol–water partition coefficient (Wildman–Crippen LogP) is 14.2. The summed E-state index contributed by atoms with van der Waals surface area (Å²) in [6.07, 6.45) is 12.2. The highest BCUT2D eigenvalue weighted by Gasteiger charge is 2.41. The average Bonchev–Trinajstić information content (AvgIpc) is 3.89. The molecular weight excluding hydrogens is 615 g/mol. The summed E-state index contributed by atoms with van der Waals surface area (Å²) in [6, 6.07) is 49.2. The van der Waals surface area contributed by atoms with Crippen LogP contribution in [0.25, 0.3) is 33.0 Å². The highest BCUT2D eigenvalue weighted by molar-refractivity contribution is 6.00. The van der Waals surface area contributed by atoms with Crippen LogP contribution in [0.3, 0.4) is 0 Å². The molecule has 51 heavy (non-hydrogen) atoms. The van der Waals surface area contributed by atoms with Crippen LogP contribution in [0.4, 0.5) is 17.1 Å². The molecule has 0 aliphatic heterocycles. The smallest absolute Gasteiger partial charge is 0.0543 e. The third-order valence-electron chi connectivity index (χ3n) is 13.5. The molecule has 3 atom stereocenters. The zero-order chi connectivity index (χ0) is 34.1. The molecule has 2 bridgehead atoms. The van der Waals surface area contributed by atoms with Crippen LogP contribution >= 0.6 is 0 Å². The molecule has 0 heterocycles. The van der Waals surface area contributed by atoms with Gasteiger partial charge in [0, 0.05) is 22.4 Å². The maximum Gasteiger partial charge on any atom is 0.0543 e. The van der Waals surface area contributed by atoms with E-state index in [1.165, 1.54) is 125 Å². The van der Waals surface area contributed by atoms with Crippen molar-refractivity contribution in [2.24, 2.45) is 11.8 Å². The maximum absolute atomic E-state index is 2.65. The monoisotopic (exact) mass is 663 g/mol. The minimum absolute atomic E-state index is 0.150. The Hall–Kier alpha value is -4.62. The van der Waals surface area contributed by atoms with Gasteiger partial charge in [0.15, 0.2) is 0 Å². The van der Waals surface area contributed by atoms with Crippen LogP contribution in [0.1, 0.15) is 106 Å². The first-order chi connectivity index (χ1) is 25.0. The quantitative estimate of drug-likeness (QED) is 0.171.